The minimum absolute atomic E-state index is 0.198. The lowest BCUT2D eigenvalue weighted by atomic mass is 10.3. The number of carbonyl (C=O) groups excluding carboxylic acids is 1. The van der Waals surface area contributed by atoms with E-state index in [0.29, 0.717) is 11.7 Å². The molecule has 1 amide bonds. The molecule has 2 nitrogen and oxygen atoms in total. The van der Waals surface area contributed by atoms with Crippen LogP contribution < -0.4 is 5.73 Å². The first-order chi connectivity index (χ1) is 4.66. The van der Waals surface area contributed by atoms with Gasteiger partial charge in [-0.1, -0.05) is 13.8 Å². The van der Waals surface area contributed by atoms with Gasteiger partial charge in [0, 0.05) is 11.7 Å². The smallest absolute Gasteiger partial charge is 0.218 e. The van der Waals surface area contributed by atoms with Crippen LogP contribution in [0.3, 0.4) is 0 Å². The summed E-state index contributed by atoms with van der Waals surface area (Å²) in [5.41, 5.74) is 5.01. The zero-order valence-corrected chi connectivity index (χ0v) is 7.41. The van der Waals surface area contributed by atoms with Crippen LogP contribution >= 0.6 is 11.8 Å². The molecule has 0 aromatic heterocycles. The van der Waals surface area contributed by atoms with Gasteiger partial charge in [0.05, 0.1) is 0 Å². The molecule has 10 heavy (non-hydrogen) atoms. The predicted octanol–water partition coefficient (Wildman–Crippen LogP) is 1.39. The number of carbonyl (C=O) groups is 1. The molecule has 0 aliphatic carbocycles. The van der Waals surface area contributed by atoms with Crippen molar-refractivity contribution in [2.45, 2.75) is 31.9 Å². The maximum absolute atomic E-state index is 10.4. The Hall–Kier alpha value is -0.180. The van der Waals surface area contributed by atoms with Crippen LogP contribution in [0.4, 0.5) is 0 Å². The molecular formula is C7H15NOS. The number of primary amides is 1. The first kappa shape index (κ1) is 9.82. The van der Waals surface area contributed by atoms with Crippen LogP contribution in [0.25, 0.3) is 0 Å². The third kappa shape index (κ3) is 5.95. The highest BCUT2D eigenvalue weighted by molar-refractivity contribution is 7.99. The Morgan fingerprint density at radius 1 is 1.70 bits per heavy atom. The molecular weight excluding hydrogens is 146 g/mol. The van der Waals surface area contributed by atoms with E-state index in [1.165, 1.54) is 0 Å². The second kappa shape index (κ2) is 5.59. The molecule has 0 saturated heterocycles. The van der Waals surface area contributed by atoms with E-state index in [0.717, 1.165) is 12.2 Å². The van der Waals surface area contributed by atoms with E-state index < -0.39 is 0 Å². The Morgan fingerprint density at radius 2 is 2.30 bits per heavy atom. The van der Waals surface area contributed by atoms with Crippen molar-refractivity contribution in [3.8, 4) is 0 Å². The molecule has 0 fully saturated rings. The minimum Gasteiger partial charge on any atom is -0.370 e. The van der Waals surface area contributed by atoms with E-state index in [2.05, 4.69) is 6.92 Å². The van der Waals surface area contributed by atoms with Crippen LogP contribution in [-0.2, 0) is 4.79 Å². The number of amides is 1. The molecule has 0 radical (unpaired) electrons. The summed E-state index contributed by atoms with van der Waals surface area (Å²) in [7, 11) is 0. The Morgan fingerprint density at radius 3 is 2.70 bits per heavy atom. The van der Waals surface area contributed by atoms with Gasteiger partial charge in [-0.3, -0.25) is 4.79 Å². The van der Waals surface area contributed by atoms with E-state index in [1.807, 2.05) is 6.92 Å². The second-order valence-corrected chi connectivity index (χ2v) is 3.90. The number of nitrogens with two attached hydrogens (primary N) is 1. The quantitative estimate of drug-likeness (QED) is 0.662. The summed E-state index contributed by atoms with van der Waals surface area (Å²) in [6, 6.07) is 0. The van der Waals surface area contributed by atoms with Crippen molar-refractivity contribution >= 4 is 17.7 Å². The van der Waals surface area contributed by atoms with Gasteiger partial charge in [0.25, 0.3) is 0 Å². The monoisotopic (exact) mass is 161 g/mol. The van der Waals surface area contributed by atoms with Crippen LogP contribution in [0.15, 0.2) is 0 Å². The van der Waals surface area contributed by atoms with Crippen LogP contribution in [0.2, 0.25) is 0 Å². The third-order valence-corrected chi connectivity index (χ3v) is 2.47. The lowest BCUT2D eigenvalue weighted by Gasteiger charge is -2.06. The first-order valence-electron chi connectivity index (χ1n) is 3.56. The number of thioether (sulfide) groups is 1. The zero-order chi connectivity index (χ0) is 7.98. The standard InChI is InChI=1S/C7H15NOS/c1-3-4-10-6(2)5-7(8)9/h6H,3-5H2,1-2H3,(H2,8,9). The predicted molar refractivity (Wildman–Crippen MR) is 46.0 cm³/mol. The molecule has 0 saturated carbocycles. The molecule has 0 rings (SSSR count). The molecule has 0 aliphatic heterocycles. The van der Waals surface area contributed by atoms with Gasteiger partial charge >= 0.3 is 0 Å². The van der Waals surface area contributed by atoms with Gasteiger partial charge in [-0.25, -0.2) is 0 Å². The van der Waals surface area contributed by atoms with Crippen molar-refractivity contribution in [3.05, 3.63) is 0 Å². The van der Waals surface area contributed by atoms with E-state index in [9.17, 15) is 4.79 Å². The van der Waals surface area contributed by atoms with Crippen molar-refractivity contribution < 1.29 is 4.79 Å². The highest BCUT2D eigenvalue weighted by Gasteiger charge is 2.04. The van der Waals surface area contributed by atoms with E-state index in [1.54, 1.807) is 11.8 Å². The molecule has 0 aromatic rings. The van der Waals surface area contributed by atoms with Crippen molar-refractivity contribution in [3.63, 3.8) is 0 Å². The number of hydrogen-bond acceptors (Lipinski definition) is 2. The van der Waals surface area contributed by atoms with Gasteiger partial charge in [0.1, 0.15) is 0 Å². The Bertz CT molecular complexity index is 106. The summed E-state index contributed by atoms with van der Waals surface area (Å²) in [5, 5.41) is 0.387. The Labute approximate surface area is 66.6 Å². The maximum atomic E-state index is 10.4. The largest absolute Gasteiger partial charge is 0.370 e. The molecule has 1 atom stereocenters. The van der Waals surface area contributed by atoms with Crippen molar-refractivity contribution in [2.75, 3.05) is 5.75 Å². The lowest BCUT2D eigenvalue weighted by Crippen LogP contribution is -2.15. The molecule has 0 heterocycles. The second-order valence-electron chi connectivity index (χ2n) is 2.35. The van der Waals surface area contributed by atoms with Gasteiger partial charge in [0.15, 0.2) is 0 Å². The highest BCUT2D eigenvalue weighted by atomic mass is 32.2. The lowest BCUT2D eigenvalue weighted by molar-refractivity contribution is -0.117. The van der Waals surface area contributed by atoms with Gasteiger partial charge in [0.2, 0.25) is 5.91 Å². The van der Waals surface area contributed by atoms with Crippen LogP contribution in [-0.4, -0.2) is 16.9 Å². The van der Waals surface area contributed by atoms with Crippen LogP contribution in [0.5, 0.6) is 0 Å². The van der Waals surface area contributed by atoms with Crippen molar-refractivity contribution in [2.24, 2.45) is 5.73 Å². The summed E-state index contributed by atoms with van der Waals surface area (Å²) >= 11 is 1.80. The molecule has 0 spiro atoms. The molecule has 2 N–H and O–H groups in total. The van der Waals surface area contributed by atoms with Gasteiger partial charge in [-0.05, 0) is 12.2 Å². The molecule has 0 aliphatic rings. The highest BCUT2D eigenvalue weighted by Crippen LogP contribution is 2.13. The average molecular weight is 161 g/mol. The minimum atomic E-state index is -0.198. The summed E-state index contributed by atoms with van der Waals surface area (Å²) in [4.78, 5) is 10.4. The maximum Gasteiger partial charge on any atom is 0.218 e. The summed E-state index contributed by atoms with van der Waals surface area (Å²) in [6.07, 6.45) is 1.67. The topological polar surface area (TPSA) is 43.1 Å². The van der Waals surface area contributed by atoms with Gasteiger partial charge < -0.3 is 5.73 Å². The summed E-state index contributed by atoms with van der Waals surface area (Å²) in [5.74, 6) is 0.921. The summed E-state index contributed by atoms with van der Waals surface area (Å²) in [6.45, 7) is 4.16. The Kier molecular flexibility index (Phi) is 5.49. The average Bonchev–Trinajstić information content (AvgIpc) is 1.82. The molecule has 0 aromatic carbocycles. The SMILES string of the molecule is CCCSC(C)CC(N)=O. The Balaban J connectivity index is 3.25. The fourth-order valence-electron chi connectivity index (χ4n) is 0.661. The molecule has 0 bridgehead atoms. The fraction of sp³-hybridized carbons (Fsp3) is 0.857. The molecule has 60 valence electrons. The zero-order valence-electron chi connectivity index (χ0n) is 6.59. The van der Waals surface area contributed by atoms with Crippen molar-refractivity contribution in [1.82, 2.24) is 0 Å². The van der Waals surface area contributed by atoms with Crippen LogP contribution in [0.1, 0.15) is 26.7 Å². The molecule has 3 heteroatoms. The third-order valence-electron chi connectivity index (χ3n) is 1.10. The number of hydrogen-bond donors (Lipinski definition) is 1. The van der Waals surface area contributed by atoms with Gasteiger partial charge in [-0.15, -0.1) is 0 Å². The summed E-state index contributed by atoms with van der Waals surface area (Å²) < 4.78 is 0. The number of rotatable bonds is 5. The molecule has 1 unspecified atom stereocenters. The van der Waals surface area contributed by atoms with Gasteiger partial charge in [-0.2, -0.15) is 11.8 Å². The van der Waals surface area contributed by atoms with Crippen LogP contribution in [0, 0.1) is 0 Å². The van der Waals surface area contributed by atoms with E-state index in [4.69, 9.17) is 5.73 Å². The normalized spacial score (nSPS) is 13.0. The van der Waals surface area contributed by atoms with E-state index >= 15 is 0 Å². The van der Waals surface area contributed by atoms with Crippen molar-refractivity contribution in [1.29, 1.82) is 0 Å². The fourth-order valence-corrected chi connectivity index (χ4v) is 1.58. The first-order valence-corrected chi connectivity index (χ1v) is 4.61. The van der Waals surface area contributed by atoms with E-state index in [-0.39, 0.29) is 5.91 Å².